The molecule has 0 unspecified atom stereocenters. The molecule has 0 aromatic heterocycles. The van der Waals surface area contributed by atoms with E-state index in [1.807, 2.05) is 0 Å². The lowest BCUT2D eigenvalue weighted by Gasteiger charge is -2.09. The molecule has 0 saturated heterocycles. The van der Waals surface area contributed by atoms with Crippen LogP contribution in [-0.2, 0) is 4.79 Å². The van der Waals surface area contributed by atoms with E-state index in [-0.39, 0.29) is 5.91 Å². The fourth-order valence-corrected chi connectivity index (χ4v) is 0.990. The Morgan fingerprint density at radius 1 is 1.29 bits per heavy atom. The minimum absolute atomic E-state index is 0.0809. The number of hydrogen-bond donors (Lipinski definition) is 0. The van der Waals surface area contributed by atoms with Gasteiger partial charge in [0.05, 0.1) is 0 Å². The number of hydrogen-bond acceptors (Lipinski definition) is 3. The zero-order valence-corrected chi connectivity index (χ0v) is 8.06. The molecule has 0 heterocycles. The summed E-state index contributed by atoms with van der Waals surface area (Å²) < 4.78 is 4.60. The topological polar surface area (TPSA) is 46.6 Å². The second-order valence-corrected chi connectivity index (χ2v) is 2.94. The van der Waals surface area contributed by atoms with Gasteiger partial charge in [0.15, 0.2) is 0 Å². The van der Waals surface area contributed by atoms with Gasteiger partial charge in [-0.2, -0.15) is 0 Å². The van der Waals surface area contributed by atoms with E-state index < -0.39 is 0 Å². The molecule has 4 heteroatoms. The third-order valence-corrected chi connectivity index (χ3v) is 1.69. The second-order valence-electron chi connectivity index (χ2n) is 2.94. The summed E-state index contributed by atoms with van der Waals surface area (Å²) >= 11 is 0. The van der Waals surface area contributed by atoms with Crippen LogP contribution in [0.2, 0.25) is 0 Å². The molecule has 0 atom stereocenters. The average molecular weight is 193 g/mol. The van der Waals surface area contributed by atoms with Crippen molar-refractivity contribution in [2.75, 3.05) is 14.1 Å². The van der Waals surface area contributed by atoms with E-state index in [9.17, 15) is 9.59 Å². The third-order valence-electron chi connectivity index (χ3n) is 1.69. The van der Waals surface area contributed by atoms with E-state index in [4.69, 9.17) is 0 Å². The van der Waals surface area contributed by atoms with E-state index in [1.54, 1.807) is 38.4 Å². The van der Waals surface area contributed by atoms with E-state index in [2.05, 4.69) is 4.74 Å². The molecule has 0 N–H and O–H groups in total. The maximum Gasteiger partial charge on any atom is 0.298 e. The Labute approximate surface area is 82.1 Å². The monoisotopic (exact) mass is 193 g/mol. The molecule has 0 fully saturated rings. The molecular formula is C10H11NO3. The van der Waals surface area contributed by atoms with Crippen LogP contribution in [0.15, 0.2) is 24.3 Å². The van der Waals surface area contributed by atoms with Crippen molar-refractivity contribution >= 4 is 12.4 Å². The van der Waals surface area contributed by atoms with E-state index >= 15 is 0 Å². The van der Waals surface area contributed by atoms with Gasteiger partial charge in [-0.3, -0.25) is 9.59 Å². The predicted octanol–water partition coefficient (Wildman–Crippen LogP) is 0.924. The third kappa shape index (κ3) is 2.32. The smallest absolute Gasteiger partial charge is 0.298 e. The summed E-state index contributed by atoms with van der Waals surface area (Å²) in [6, 6.07) is 6.37. The van der Waals surface area contributed by atoms with Gasteiger partial charge in [0, 0.05) is 19.7 Å². The highest BCUT2D eigenvalue weighted by molar-refractivity contribution is 5.93. The summed E-state index contributed by atoms with van der Waals surface area (Å²) in [7, 11) is 3.36. The highest BCUT2D eigenvalue weighted by Gasteiger charge is 2.06. The molecular weight excluding hydrogens is 182 g/mol. The van der Waals surface area contributed by atoms with Gasteiger partial charge >= 0.3 is 0 Å². The van der Waals surface area contributed by atoms with Crippen molar-refractivity contribution in [2.45, 2.75) is 0 Å². The normalized spacial score (nSPS) is 9.29. The first-order valence-corrected chi connectivity index (χ1v) is 4.07. The fraction of sp³-hybridized carbons (Fsp3) is 0.200. The van der Waals surface area contributed by atoms with Crippen molar-refractivity contribution in [3.05, 3.63) is 29.8 Å². The van der Waals surface area contributed by atoms with Crippen LogP contribution in [0.5, 0.6) is 5.75 Å². The van der Waals surface area contributed by atoms with Crippen LogP contribution in [0, 0.1) is 0 Å². The van der Waals surface area contributed by atoms with Crippen molar-refractivity contribution in [3.63, 3.8) is 0 Å². The maximum absolute atomic E-state index is 11.4. The summed E-state index contributed by atoms with van der Waals surface area (Å²) in [6.07, 6.45) is 0. The highest BCUT2D eigenvalue weighted by Crippen LogP contribution is 2.12. The van der Waals surface area contributed by atoms with Gasteiger partial charge in [0.25, 0.3) is 12.4 Å². The van der Waals surface area contributed by atoms with Gasteiger partial charge in [-0.1, -0.05) is 0 Å². The van der Waals surface area contributed by atoms with Crippen LogP contribution >= 0.6 is 0 Å². The molecule has 0 saturated carbocycles. The first-order chi connectivity index (χ1) is 6.65. The fourth-order valence-electron chi connectivity index (χ4n) is 0.990. The minimum atomic E-state index is -0.0809. The van der Waals surface area contributed by atoms with Crippen molar-refractivity contribution in [1.29, 1.82) is 0 Å². The average Bonchev–Trinajstić information content (AvgIpc) is 2.18. The van der Waals surface area contributed by atoms with Crippen LogP contribution in [0.1, 0.15) is 10.4 Å². The van der Waals surface area contributed by atoms with Gasteiger partial charge in [0.1, 0.15) is 5.75 Å². The largest absolute Gasteiger partial charge is 0.429 e. The second kappa shape index (κ2) is 4.41. The molecule has 0 spiro atoms. The number of carbonyl (C=O) groups excluding carboxylic acids is 2. The Hall–Kier alpha value is -1.84. The highest BCUT2D eigenvalue weighted by atomic mass is 16.5. The van der Waals surface area contributed by atoms with E-state index in [0.717, 1.165) is 0 Å². The van der Waals surface area contributed by atoms with Gasteiger partial charge in [-0.25, -0.2) is 0 Å². The number of amides is 1. The molecule has 4 nitrogen and oxygen atoms in total. The molecule has 74 valence electrons. The molecule has 1 aromatic rings. The molecule has 1 amide bonds. The lowest BCUT2D eigenvalue weighted by atomic mass is 10.2. The molecule has 0 aliphatic heterocycles. The molecule has 0 radical (unpaired) electrons. The zero-order chi connectivity index (χ0) is 10.6. The van der Waals surface area contributed by atoms with Crippen LogP contribution in [0.4, 0.5) is 0 Å². The van der Waals surface area contributed by atoms with Gasteiger partial charge in [-0.05, 0) is 24.3 Å². The zero-order valence-electron chi connectivity index (χ0n) is 8.06. The quantitative estimate of drug-likeness (QED) is 0.671. The van der Waals surface area contributed by atoms with Crippen molar-refractivity contribution < 1.29 is 14.3 Å². The summed E-state index contributed by atoms with van der Waals surface area (Å²) in [5, 5.41) is 0. The van der Waals surface area contributed by atoms with Gasteiger partial charge < -0.3 is 9.64 Å². The summed E-state index contributed by atoms with van der Waals surface area (Å²) in [5.74, 6) is 0.345. The lowest BCUT2D eigenvalue weighted by molar-refractivity contribution is -0.120. The number of carbonyl (C=O) groups is 2. The van der Waals surface area contributed by atoms with Crippen molar-refractivity contribution in [1.82, 2.24) is 4.90 Å². The summed E-state index contributed by atoms with van der Waals surface area (Å²) in [6.45, 7) is 0.350. The molecule has 14 heavy (non-hydrogen) atoms. The molecule has 0 aliphatic rings. The first kappa shape index (κ1) is 10.2. The Morgan fingerprint density at radius 2 is 1.86 bits per heavy atom. The van der Waals surface area contributed by atoms with E-state index in [1.165, 1.54) is 4.90 Å². The molecule has 0 aliphatic carbocycles. The predicted molar refractivity (Wildman–Crippen MR) is 51.2 cm³/mol. The Bertz CT molecular complexity index is 330. The van der Waals surface area contributed by atoms with Crippen molar-refractivity contribution in [3.8, 4) is 5.75 Å². The first-order valence-electron chi connectivity index (χ1n) is 4.07. The summed E-state index contributed by atoms with van der Waals surface area (Å²) in [5.41, 5.74) is 0.563. The van der Waals surface area contributed by atoms with Crippen LogP contribution in [-0.4, -0.2) is 31.4 Å². The number of nitrogens with zero attached hydrogens (tertiary/aromatic N) is 1. The SMILES string of the molecule is CN(C)C(=O)c1ccc(OC=O)cc1. The van der Waals surface area contributed by atoms with Gasteiger partial charge in [-0.15, -0.1) is 0 Å². The molecule has 1 rings (SSSR count). The number of rotatable bonds is 3. The lowest BCUT2D eigenvalue weighted by Crippen LogP contribution is -2.21. The van der Waals surface area contributed by atoms with Gasteiger partial charge in [0.2, 0.25) is 0 Å². The van der Waals surface area contributed by atoms with Crippen molar-refractivity contribution in [2.24, 2.45) is 0 Å². The van der Waals surface area contributed by atoms with Crippen LogP contribution in [0.3, 0.4) is 0 Å². The standard InChI is InChI=1S/C10H11NO3/c1-11(2)10(13)8-3-5-9(6-4-8)14-7-12/h3-7H,1-2H3. The molecule has 1 aromatic carbocycles. The Kier molecular flexibility index (Phi) is 3.23. The maximum atomic E-state index is 11.4. The minimum Gasteiger partial charge on any atom is -0.429 e. The van der Waals surface area contributed by atoms with Crippen LogP contribution < -0.4 is 4.74 Å². The number of benzene rings is 1. The van der Waals surface area contributed by atoms with Crippen LogP contribution in [0.25, 0.3) is 0 Å². The Morgan fingerprint density at radius 3 is 2.29 bits per heavy atom. The molecule has 0 bridgehead atoms. The Balaban J connectivity index is 2.82. The number of ether oxygens (including phenoxy) is 1. The van der Waals surface area contributed by atoms with E-state index in [0.29, 0.717) is 17.8 Å². The summed E-state index contributed by atoms with van der Waals surface area (Å²) in [4.78, 5) is 22.9.